The third-order valence-electron chi connectivity index (χ3n) is 3.24. The molecule has 3 aromatic rings. The molecular weight excluding hydrogens is 282 g/mol. The minimum absolute atomic E-state index is 0.124. The molecule has 2 heterocycles. The minimum Gasteiger partial charge on any atom is -0.438 e. The number of hydrogen-bond acceptors (Lipinski definition) is 5. The summed E-state index contributed by atoms with van der Waals surface area (Å²) in [6.07, 6.45) is 0. The lowest BCUT2D eigenvalue weighted by Gasteiger charge is -2.19. The van der Waals surface area contributed by atoms with Crippen LogP contribution in [0.25, 0.3) is 10.2 Å². The minimum atomic E-state index is 0.124. The third kappa shape index (κ3) is 2.83. The summed E-state index contributed by atoms with van der Waals surface area (Å²) >= 11 is 1.52. The number of hydrogen-bond donors (Lipinski definition) is 1. The second kappa shape index (κ2) is 5.00. The van der Waals surface area contributed by atoms with Crippen molar-refractivity contribution in [2.75, 3.05) is 5.73 Å². The van der Waals surface area contributed by atoms with Crippen molar-refractivity contribution in [2.24, 2.45) is 0 Å². The Labute approximate surface area is 127 Å². The van der Waals surface area contributed by atoms with Crippen LogP contribution in [0.3, 0.4) is 0 Å². The summed E-state index contributed by atoms with van der Waals surface area (Å²) in [5, 5.41) is 2.84. The van der Waals surface area contributed by atoms with Gasteiger partial charge in [-0.2, -0.15) is 4.98 Å². The van der Waals surface area contributed by atoms with Gasteiger partial charge in [0.05, 0.1) is 5.39 Å². The Morgan fingerprint density at radius 2 is 1.76 bits per heavy atom. The van der Waals surface area contributed by atoms with Crippen LogP contribution in [0, 0.1) is 0 Å². The highest BCUT2D eigenvalue weighted by Crippen LogP contribution is 2.32. The van der Waals surface area contributed by atoms with E-state index in [1.54, 1.807) is 0 Å². The first-order chi connectivity index (χ1) is 9.93. The molecule has 4 nitrogen and oxygen atoms in total. The predicted octanol–water partition coefficient (Wildman–Crippen LogP) is 4.36. The predicted molar refractivity (Wildman–Crippen MR) is 87.0 cm³/mol. The van der Waals surface area contributed by atoms with Crippen LogP contribution < -0.4 is 10.5 Å². The Balaban J connectivity index is 1.93. The smallest absolute Gasteiger partial charge is 0.232 e. The van der Waals surface area contributed by atoms with Gasteiger partial charge in [0.15, 0.2) is 0 Å². The van der Waals surface area contributed by atoms with Crippen LogP contribution in [0.1, 0.15) is 26.3 Å². The molecule has 0 saturated carbocycles. The van der Waals surface area contributed by atoms with Gasteiger partial charge in [-0.05, 0) is 34.6 Å². The van der Waals surface area contributed by atoms with E-state index in [0.29, 0.717) is 5.88 Å². The van der Waals surface area contributed by atoms with E-state index >= 15 is 0 Å². The first-order valence-corrected chi connectivity index (χ1v) is 7.60. The Bertz CT molecular complexity index is 772. The van der Waals surface area contributed by atoms with Crippen molar-refractivity contribution in [3.63, 3.8) is 0 Å². The number of benzene rings is 1. The van der Waals surface area contributed by atoms with Gasteiger partial charge in [-0.1, -0.05) is 32.9 Å². The van der Waals surface area contributed by atoms with Gasteiger partial charge in [-0.15, -0.1) is 11.3 Å². The van der Waals surface area contributed by atoms with E-state index in [2.05, 4.69) is 42.9 Å². The second-order valence-electron chi connectivity index (χ2n) is 5.90. The van der Waals surface area contributed by atoms with Crippen molar-refractivity contribution in [3.05, 3.63) is 41.3 Å². The second-order valence-corrected chi connectivity index (χ2v) is 6.80. The van der Waals surface area contributed by atoms with Gasteiger partial charge in [-0.25, -0.2) is 4.98 Å². The number of nitrogens with zero attached hydrogens (tertiary/aromatic N) is 2. The van der Waals surface area contributed by atoms with E-state index in [0.717, 1.165) is 16.0 Å². The average Bonchev–Trinajstić information content (AvgIpc) is 2.86. The van der Waals surface area contributed by atoms with E-state index in [1.165, 1.54) is 16.9 Å². The van der Waals surface area contributed by atoms with E-state index < -0.39 is 0 Å². The molecule has 3 rings (SSSR count). The topological polar surface area (TPSA) is 61.0 Å². The quantitative estimate of drug-likeness (QED) is 0.763. The Hall–Kier alpha value is -2.14. The number of ether oxygens (including phenoxy) is 1. The SMILES string of the molecule is CC(C)(C)c1ccc(Oc2nc(N)nc3sccc23)cc1. The first-order valence-electron chi connectivity index (χ1n) is 6.72. The molecule has 108 valence electrons. The summed E-state index contributed by atoms with van der Waals surface area (Å²) in [7, 11) is 0. The molecule has 2 aromatic heterocycles. The van der Waals surface area contributed by atoms with Crippen molar-refractivity contribution >= 4 is 27.5 Å². The summed E-state index contributed by atoms with van der Waals surface area (Å²) in [5.74, 6) is 1.47. The fraction of sp³-hybridized carbons (Fsp3) is 0.250. The van der Waals surface area contributed by atoms with Gasteiger partial charge < -0.3 is 10.5 Å². The van der Waals surface area contributed by atoms with Crippen LogP contribution in [0.15, 0.2) is 35.7 Å². The average molecular weight is 299 g/mol. The lowest BCUT2D eigenvalue weighted by atomic mass is 9.87. The lowest BCUT2D eigenvalue weighted by Crippen LogP contribution is -2.10. The number of rotatable bonds is 2. The number of fused-ring (bicyclic) bond motifs is 1. The normalized spacial score (nSPS) is 11.8. The van der Waals surface area contributed by atoms with E-state index in [1.807, 2.05) is 23.6 Å². The highest BCUT2D eigenvalue weighted by Gasteiger charge is 2.14. The Morgan fingerprint density at radius 1 is 1.05 bits per heavy atom. The maximum Gasteiger partial charge on any atom is 0.232 e. The van der Waals surface area contributed by atoms with Gasteiger partial charge in [0.25, 0.3) is 0 Å². The maximum atomic E-state index is 5.87. The van der Waals surface area contributed by atoms with Crippen LogP contribution in [0.5, 0.6) is 11.6 Å². The maximum absolute atomic E-state index is 5.87. The van der Waals surface area contributed by atoms with Gasteiger partial charge in [-0.3, -0.25) is 0 Å². The molecule has 0 aliphatic rings. The highest BCUT2D eigenvalue weighted by molar-refractivity contribution is 7.16. The molecule has 0 fully saturated rings. The fourth-order valence-corrected chi connectivity index (χ4v) is 2.82. The van der Waals surface area contributed by atoms with Crippen LogP contribution in [-0.2, 0) is 5.41 Å². The van der Waals surface area contributed by atoms with Crippen molar-refractivity contribution in [2.45, 2.75) is 26.2 Å². The fourth-order valence-electron chi connectivity index (χ4n) is 2.06. The molecule has 0 amide bonds. The molecule has 21 heavy (non-hydrogen) atoms. The van der Waals surface area contributed by atoms with Crippen molar-refractivity contribution in [1.82, 2.24) is 9.97 Å². The summed E-state index contributed by atoms with van der Waals surface area (Å²) < 4.78 is 5.87. The molecule has 0 unspecified atom stereocenters. The number of anilines is 1. The lowest BCUT2D eigenvalue weighted by molar-refractivity contribution is 0.468. The molecule has 0 aliphatic heterocycles. The largest absolute Gasteiger partial charge is 0.438 e. The Morgan fingerprint density at radius 3 is 2.43 bits per heavy atom. The molecule has 2 N–H and O–H groups in total. The van der Waals surface area contributed by atoms with Crippen LogP contribution in [0.4, 0.5) is 5.95 Å². The summed E-state index contributed by atoms with van der Waals surface area (Å²) in [4.78, 5) is 9.22. The van der Waals surface area contributed by atoms with Gasteiger partial charge in [0, 0.05) is 0 Å². The van der Waals surface area contributed by atoms with Crippen molar-refractivity contribution in [1.29, 1.82) is 0 Å². The molecule has 0 aliphatic carbocycles. The monoisotopic (exact) mass is 299 g/mol. The summed E-state index contributed by atoms with van der Waals surface area (Å²) in [6.45, 7) is 6.55. The van der Waals surface area contributed by atoms with Gasteiger partial charge in [0.2, 0.25) is 11.8 Å². The van der Waals surface area contributed by atoms with E-state index in [4.69, 9.17) is 10.5 Å². The number of nitrogen functional groups attached to an aromatic ring is 1. The number of nitrogens with two attached hydrogens (primary N) is 1. The summed E-state index contributed by atoms with van der Waals surface area (Å²) in [5.41, 5.74) is 7.11. The molecule has 0 bridgehead atoms. The zero-order valence-electron chi connectivity index (χ0n) is 12.3. The van der Waals surface area contributed by atoms with Gasteiger partial charge >= 0.3 is 0 Å². The zero-order chi connectivity index (χ0) is 15.0. The summed E-state index contributed by atoms with van der Waals surface area (Å²) in [6, 6.07) is 10.0. The molecule has 1 aromatic carbocycles. The molecule has 0 radical (unpaired) electrons. The first kappa shape index (κ1) is 13.8. The standard InChI is InChI=1S/C16H17N3OS/c1-16(2,3)10-4-6-11(7-5-10)20-13-12-8-9-21-14(12)19-15(17)18-13/h4-9H,1-3H3,(H2,17,18,19). The molecule has 5 heteroatoms. The molecular formula is C16H17N3OS. The Kier molecular flexibility index (Phi) is 3.29. The molecule has 0 saturated heterocycles. The van der Waals surface area contributed by atoms with Crippen LogP contribution in [0.2, 0.25) is 0 Å². The van der Waals surface area contributed by atoms with Crippen molar-refractivity contribution < 1.29 is 4.74 Å². The van der Waals surface area contributed by atoms with E-state index in [-0.39, 0.29) is 11.4 Å². The number of thiophene rings is 1. The third-order valence-corrected chi connectivity index (χ3v) is 4.05. The van der Waals surface area contributed by atoms with Gasteiger partial charge in [0.1, 0.15) is 10.6 Å². The van der Waals surface area contributed by atoms with Crippen LogP contribution in [-0.4, -0.2) is 9.97 Å². The van der Waals surface area contributed by atoms with Crippen LogP contribution >= 0.6 is 11.3 Å². The zero-order valence-corrected chi connectivity index (χ0v) is 13.1. The number of aromatic nitrogens is 2. The molecule has 0 spiro atoms. The van der Waals surface area contributed by atoms with E-state index in [9.17, 15) is 0 Å². The highest BCUT2D eigenvalue weighted by atomic mass is 32.1. The molecule has 0 atom stereocenters. The van der Waals surface area contributed by atoms with Crippen molar-refractivity contribution in [3.8, 4) is 11.6 Å².